The van der Waals surface area contributed by atoms with E-state index < -0.39 is 0 Å². The summed E-state index contributed by atoms with van der Waals surface area (Å²) in [6, 6.07) is 16.0. The van der Waals surface area contributed by atoms with Crippen LogP contribution in [0.4, 0.5) is 5.69 Å². The number of nitrogens with one attached hydrogen (secondary N) is 1. The van der Waals surface area contributed by atoms with Gasteiger partial charge in [0.1, 0.15) is 0 Å². The second-order valence-corrected chi connectivity index (χ2v) is 6.50. The van der Waals surface area contributed by atoms with Crippen molar-refractivity contribution in [1.29, 1.82) is 0 Å². The van der Waals surface area contributed by atoms with E-state index in [0.29, 0.717) is 5.02 Å². The monoisotopic (exact) mass is 324 g/mol. The molecule has 0 radical (unpaired) electrons. The van der Waals surface area contributed by atoms with Gasteiger partial charge in [-0.25, -0.2) is 0 Å². The van der Waals surface area contributed by atoms with Gasteiger partial charge in [-0.2, -0.15) is 0 Å². The fourth-order valence-corrected chi connectivity index (χ4v) is 3.53. The molecule has 2 heterocycles. The van der Waals surface area contributed by atoms with E-state index in [1.165, 1.54) is 5.56 Å². The average molecular weight is 325 g/mol. The topological polar surface area (TPSA) is 32.3 Å². The van der Waals surface area contributed by atoms with E-state index >= 15 is 0 Å². The van der Waals surface area contributed by atoms with Crippen LogP contribution in [0.25, 0.3) is 5.57 Å². The Labute approximate surface area is 140 Å². The van der Waals surface area contributed by atoms with Crippen molar-refractivity contribution >= 4 is 28.8 Å². The molecule has 1 amide bonds. The Morgan fingerprint density at radius 3 is 2.83 bits per heavy atom. The minimum atomic E-state index is -0.0759. The van der Waals surface area contributed by atoms with Gasteiger partial charge >= 0.3 is 0 Å². The van der Waals surface area contributed by atoms with Crippen LogP contribution in [0.5, 0.6) is 0 Å². The van der Waals surface area contributed by atoms with Gasteiger partial charge in [0, 0.05) is 35.6 Å². The molecule has 116 valence electrons. The number of hydrogen-bond acceptors (Lipinski definition) is 2. The Balaban J connectivity index is 1.70. The van der Waals surface area contributed by atoms with Gasteiger partial charge in [0.2, 0.25) is 5.91 Å². The van der Waals surface area contributed by atoms with Crippen molar-refractivity contribution in [2.45, 2.75) is 13.0 Å². The van der Waals surface area contributed by atoms with Gasteiger partial charge < -0.3 is 10.2 Å². The summed E-state index contributed by atoms with van der Waals surface area (Å²) < 4.78 is 0. The molecule has 2 aromatic rings. The predicted molar refractivity (Wildman–Crippen MR) is 93.0 cm³/mol. The third kappa shape index (κ3) is 2.73. The molecule has 4 rings (SSSR count). The normalized spacial score (nSPS) is 19.5. The number of rotatable bonds is 2. The van der Waals surface area contributed by atoms with Crippen molar-refractivity contribution in [2.24, 2.45) is 5.92 Å². The van der Waals surface area contributed by atoms with Crippen molar-refractivity contribution in [3.05, 3.63) is 70.9 Å². The highest BCUT2D eigenvalue weighted by Crippen LogP contribution is 2.40. The van der Waals surface area contributed by atoms with Crippen LogP contribution in [0.1, 0.15) is 17.5 Å². The first-order valence-electron chi connectivity index (χ1n) is 7.81. The quantitative estimate of drug-likeness (QED) is 0.899. The molecule has 0 aromatic heterocycles. The van der Waals surface area contributed by atoms with Gasteiger partial charge in [-0.3, -0.25) is 4.79 Å². The predicted octanol–water partition coefficient (Wildman–Crippen LogP) is 4.16. The Morgan fingerprint density at radius 1 is 1.17 bits per heavy atom. The number of benzene rings is 2. The van der Waals surface area contributed by atoms with E-state index in [4.69, 9.17) is 11.6 Å². The van der Waals surface area contributed by atoms with Gasteiger partial charge in [0.05, 0.1) is 5.92 Å². The smallest absolute Gasteiger partial charge is 0.232 e. The van der Waals surface area contributed by atoms with Crippen LogP contribution in [0, 0.1) is 5.92 Å². The Hall–Kier alpha value is -2.26. The van der Waals surface area contributed by atoms with E-state index in [9.17, 15) is 4.79 Å². The Morgan fingerprint density at radius 2 is 2.00 bits per heavy atom. The molecule has 2 aliphatic rings. The first-order chi connectivity index (χ1) is 11.2. The first kappa shape index (κ1) is 14.3. The van der Waals surface area contributed by atoms with Crippen LogP contribution in [-0.4, -0.2) is 17.4 Å². The lowest BCUT2D eigenvalue weighted by Crippen LogP contribution is -2.36. The number of fused-ring (bicyclic) bond motifs is 3. The van der Waals surface area contributed by atoms with Gasteiger partial charge in [0.15, 0.2) is 0 Å². The van der Waals surface area contributed by atoms with Crippen LogP contribution in [-0.2, 0) is 11.3 Å². The fraction of sp³-hybridized carbons (Fsp3) is 0.211. The highest BCUT2D eigenvalue weighted by Gasteiger charge is 2.33. The molecule has 3 nitrogen and oxygen atoms in total. The third-order valence-corrected chi connectivity index (χ3v) is 4.73. The number of nitrogens with zero attached hydrogens (tertiary/aromatic N) is 1. The van der Waals surface area contributed by atoms with Gasteiger partial charge in [0.25, 0.3) is 0 Å². The summed E-state index contributed by atoms with van der Waals surface area (Å²) in [4.78, 5) is 14.6. The molecule has 1 N–H and O–H groups in total. The Kier molecular flexibility index (Phi) is 3.58. The summed E-state index contributed by atoms with van der Waals surface area (Å²) >= 11 is 6.16. The van der Waals surface area contributed by atoms with E-state index in [0.717, 1.165) is 36.3 Å². The van der Waals surface area contributed by atoms with Crippen LogP contribution in [0.3, 0.4) is 0 Å². The number of anilines is 1. The third-order valence-electron chi connectivity index (χ3n) is 4.50. The summed E-state index contributed by atoms with van der Waals surface area (Å²) in [7, 11) is 0. The number of carbonyl (C=O) groups excluding carboxylic acids is 1. The van der Waals surface area contributed by atoms with Crippen molar-refractivity contribution < 1.29 is 4.79 Å². The zero-order chi connectivity index (χ0) is 15.8. The number of halogens is 1. The molecule has 0 bridgehead atoms. The molecule has 23 heavy (non-hydrogen) atoms. The molecule has 1 unspecified atom stereocenters. The van der Waals surface area contributed by atoms with Crippen molar-refractivity contribution in [3.8, 4) is 0 Å². The lowest BCUT2D eigenvalue weighted by atomic mass is 9.83. The number of amides is 1. The molecular weight excluding hydrogens is 308 g/mol. The van der Waals surface area contributed by atoms with Crippen molar-refractivity contribution in [3.63, 3.8) is 0 Å². The van der Waals surface area contributed by atoms with E-state index in [2.05, 4.69) is 40.7 Å². The molecule has 4 heteroatoms. The zero-order valence-electron chi connectivity index (χ0n) is 12.6. The summed E-state index contributed by atoms with van der Waals surface area (Å²) in [6.45, 7) is 1.74. The van der Waals surface area contributed by atoms with E-state index in [1.54, 1.807) is 0 Å². The second-order valence-electron chi connectivity index (χ2n) is 6.06. The second kappa shape index (κ2) is 5.74. The minimum Gasteiger partial charge on any atom is -0.373 e. The van der Waals surface area contributed by atoms with E-state index in [-0.39, 0.29) is 11.8 Å². The number of hydrogen-bond donors (Lipinski definition) is 1. The molecule has 0 spiro atoms. The largest absolute Gasteiger partial charge is 0.373 e. The molecular formula is C19H17ClN2O. The zero-order valence-corrected chi connectivity index (χ0v) is 13.4. The number of carbonyl (C=O) groups is 1. The van der Waals surface area contributed by atoms with Gasteiger partial charge in [-0.15, -0.1) is 0 Å². The molecule has 0 aliphatic carbocycles. The van der Waals surface area contributed by atoms with Crippen LogP contribution < -0.4 is 5.32 Å². The lowest BCUT2D eigenvalue weighted by Gasteiger charge is -2.35. The lowest BCUT2D eigenvalue weighted by molar-refractivity contribution is -0.118. The summed E-state index contributed by atoms with van der Waals surface area (Å²) in [5.74, 6) is 0.0124. The van der Waals surface area contributed by atoms with Crippen molar-refractivity contribution in [2.75, 3.05) is 11.9 Å². The SMILES string of the molecule is O=C1Nc2ccc(Cl)cc2C2=CN(Cc3ccccc3)CCC12. The maximum absolute atomic E-state index is 12.3. The van der Waals surface area contributed by atoms with Crippen LogP contribution >= 0.6 is 11.6 Å². The average Bonchev–Trinajstić information content (AvgIpc) is 2.57. The summed E-state index contributed by atoms with van der Waals surface area (Å²) in [6.07, 6.45) is 2.96. The molecule has 2 aliphatic heterocycles. The van der Waals surface area contributed by atoms with Crippen molar-refractivity contribution in [1.82, 2.24) is 4.90 Å². The van der Waals surface area contributed by atoms with Crippen LogP contribution in [0.15, 0.2) is 54.7 Å². The molecule has 0 saturated carbocycles. The summed E-state index contributed by atoms with van der Waals surface area (Å²) in [5.41, 5.74) is 4.24. The summed E-state index contributed by atoms with van der Waals surface area (Å²) in [5, 5.41) is 3.69. The highest BCUT2D eigenvalue weighted by atomic mass is 35.5. The van der Waals surface area contributed by atoms with Gasteiger partial charge in [-0.05, 0) is 35.8 Å². The maximum Gasteiger partial charge on any atom is 0.232 e. The standard InChI is InChI=1S/C19H17ClN2O/c20-14-6-7-18-16(10-14)17-12-22(9-8-15(17)19(23)21-18)11-13-4-2-1-3-5-13/h1-7,10,12,15H,8-9,11H2,(H,21,23). The van der Waals surface area contributed by atoms with E-state index in [1.807, 2.05) is 24.3 Å². The van der Waals surface area contributed by atoms with Crippen LogP contribution in [0.2, 0.25) is 5.02 Å². The fourth-order valence-electron chi connectivity index (χ4n) is 3.36. The molecule has 0 saturated heterocycles. The molecule has 1 atom stereocenters. The van der Waals surface area contributed by atoms with Gasteiger partial charge in [-0.1, -0.05) is 41.9 Å². The first-order valence-corrected chi connectivity index (χ1v) is 8.19. The maximum atomic E-state index is 12.3. The molecule has 0 fully saturated rings. The minimum absolute atomic E-state index is 0.0759. The Bertz CT molecular complexity index is 785. The molecule has 2 aromatic carbocycles. The highest BCUT2D eigenvalue weighted by molar-refractivity contribution is 6.31.